The third-order valence-electron chi connectivity index (χ3n) is 8.31. The van der Waals surface area contributed by atoms with Crippen LogP contribution in [0.3, 0.4) is 0 Å². The first-order chi connectivity index (χ1) is 17.4. The van der Waals surface area contributed by atoms with E-state index in [-0.39, 0.29) is 11.5 Å². The zero-order valence-corrected chi connectivity index (χ0v) is 22.1. The molecule has 1 saturated heterocycles. The molecule has 3 aliphatic rings. The lowest BCUT2D eigenvalue weighted by Crippen LogP contribution is -2.55. The van der Waals surface area contributed by atoms with Gasteiger partial charge in [0.05, 0.1) is 0 Å². The first kappa shape index (κ1) is 25.0. The van der Waals surface area contributed by atoms with Crippen molar-refractivity contribution < 1.29 is 5.11 Å². The van der Waals surface area contributed by atoms with Crippen LogP contribution in [0.25, 0.3) is 10.8 Å². The van der Waals surface area contributed by atoms with Crippen molar-refractivity contribution in [3.8, 4) is 0 Å². The molecule has 2 aliphatic heterocycles. The average molecular weight is 488 g/mol. The first-order valence-electron chi connectivity index (χ1n) is 13.5. The third-order valence-corrected chi connectivity index (χ3v) is 8.31. The Balaban J connectivity index is 1.32. The van der Waals surface area contributed by atoms with Gasteiger partial charge in [-0.05, 0) is 55.0 Å². The molecular weight excluding hydrogens is 446 g/mol. The number of hydrogen-bond acceptors (Lipinski definition) is 6. The van der Waals surface area contributed by atoms with E-state index in [1.807, 2.05) is 0 Å². The second kappa shape index (κ2) is 10.4. The number of allylic oxidation sites excluding steroid dienone is 1. The normalized spacial score (nSPS) is 20.8. The van der Waals surface area contributed by atoms with Crippen molar-refractivity contribution in [2.75, 3.05) is 39.4 Å². The second-order valence-corrected chi connectivity index (χ2v) is 11.0. The Morgan fingerprint density at radius 3 is 2.58 bits per heavy atom. The summed E-state index contributed by atoms with van der Waals surface area (Å²) in [7, 11) is 0. The highest BCUT2D eigenvalue weighted by Gasteiger charge is 2.34. The Morgan fingerprint density at radius 2 is 1.83 bits per heavy atom. The molecule has 2 aromatic carbocycles. The van der Waals surface area contributed by atoms with E-state index in [0.717, 1.165) is 57.8 Å². The molecule has 1 unspecified atom stereocenters. The molecule has 1 aliphatic carbocycles. The fourth-order valence-electron chi connectivity index (χ4n) is 5.55. The fourth-order valence-corrected chi connectivity index (χ4v) is 5.55. The van der Waals surface area contributed by atoms with Crippen molar-refractivity contribution >= 4 is 16.6 Å². The third kappa shape index (κ3) is 5.08. The van der Waals surface area contributed by atoms with Crippen LogP contribution in [-0.4, -0.2) is 71.9 Å². The van der Waals surface area contributed by atoms with Crippen LogP contribution in [0.15, 0.2) is 70.9 Å². The maximum Gasteiger partial charge on any atom is 0.134 e. The van der Waals surface area contributed by atoms with Gasteiger partial charge in [-0.1, -0.05) is 56.0 Å². The van der Waals surface area contributed by atoms with Crippen LogP contribution in [0, 0.1) is 0 Å². The number of aliphatic hydroxyl groups is 1. The van der Waals surface area contributed by atoms with Gasteiger partial charge in [-0.15, -0.1) is 0 Å². The maximum absolute atomic E-state index is 11.7. The van der Waals surface area contributed by atoms with Crippen LogP contribution in [0.5, 0.6) is 0 Å². The topological polar surface area (TPSA) is 63.1 Å². The summed E-state index contributed by atoms with van der Waals surface area (Å²) in [6, 6.07) is 15.1. The molecule has 2 heterocycles. The summed E-state index contributed by atoms with van der Waals surface area (Å²) in [5.74, 6) is 1.07. The van der Waals surface area contributed by atoms with Crippen LogP contribution in [0.4, 0.5) is 0 Å². The number of fused-ring (bicyclic) bond motifs is 1. The Labute approximate surface area is 215 Å². The summed E-state index contributed by atoms with van der Waals surface area (Å²) in [6.45, 7) is 15.7. The number of amidine groups is 1. The van der Waals surface area contributed by atoms with Gasteiger partial charge in [0.15, 0.2) is 0 Å². The van der Waals surface area contributed by atoms with Gasteiger partial charge in [0.2, 0.25) is 0 Å². The van der Waals surface area contributed by atoms with Gasteiger partial charge in [0.1, 0.15) is 18.7 Å². The summed E-state index contributed by atoms with van der Waals surface area (Å²) in [4.78, 5) is 9.45. The summed E-state index contributed by atoms with van der Waals surface area (Å²) < 4.78 is 0. The minimum Gasteiger partial charge on any atom is -0.378 e. The molecule has 2 atom stereocenters. The molecule has 0 amide bonds. The molecule has 36 heavy (non-hydrogen) atoms. The highest BCUT2D eigenvalue weighted by molar-refractivity contribution is 6.04. The molecule has 0 spiro atoms. The van der Waals surface area contributed by atoms with Crippen LogP contribution in [-0.2, 0) is 0 Å². The highest BCUT2D eigenvalue weighted by Crippen LogP contribution is 2.33. The van der Waals surface area contributed by atoms with Gasteiger partial charge in [0.25, 0.3) is 0 Å². The molecule has 0 aromatic heterocycles. The van der Waals surface area contributed by atoms with Gasteiger partial charge in [-0.25, -0.2) is 4.99 Å². The van der Waals surface area contributed by atoms with E-state index >= 15 is 0 Å². The molecule has 6 heteroatoms. The van der Waals surface area contributed by atoms with Crippen LogP contribution >= 0.6 is 0 Å². The fraction of sp³-hybridized carbons (Fsp3) is 0.500. The lowest BCUT2D eigenvalue weighted by molar-refractivity contribution is -0.0344. The largest absolute Gasteiger partial charge is 0.378 e. The summed E-state index contributed by atoms with van der Waals surface area (Å²) in [6.07, 6.45) is 2.54. The van der Waals surface area contributed by atoms with Crippen molar-refractivity contribution in [3.05, 3.63) is 71.5 Å². The number of nitrogens with one attached hydrogen (secondary N) is 2. The first-order valence-corrected chi connectivity index (χ1v) is 13.5. The number of aliphatic hydroxyl groups excluding tert-OH is 1. The number of piperazine rings is 1. The van der Waals surface area contributed by atoms with Crippen molar-refractivity contribution in [3.63, 3.8) is 0 Å². The molecule has 3 N–H and O–H groups in total. The van der Waals surface area contributed by atoms with Crippen molar-refractivity contribution in [1.29, 1.82) is 0 Å². The predicted octanol–water partition coefficient (Wildman–Crippen LogP) is 4.20. The van der Waals surface area contributed by atoms with Gasteiger partial charge < -0.3 is 20.6 Å². The van der Waals surface area contributed by atoms with E-state index in [1.54, 1.807) is 0 Å². The summed E-state index contributed by atoms with van der Waals surface area (Å²) in [5.41, 5.74) is 4.93. The Kier molecular flexibility index (Phi) is 7.20. The van der Waals surface area contributed by atoms with Crippen LogP contribution in [0.1, 0.15) is 51.5 Å². The van der Waals surface area contributed by atoms with Crippen LogP contribution < -0.4 is 10.6 Å². The van der Waals surface area contributed by atoms with E-state index in [1.165, 1.54) is 33.2 Å². The molecule has 0 radical (unpaired) electrons. The smallest absolute Gasteiger partial charge is 0.134 e. The number of hydrogen-bond donors (Lipinski definition) is 3. The zero-order valence-electron chi connectivity index (χ0n) is 22.1. The molecule has 5 rings (SSSR count). The standard InChI is InChI=1S/C30H41N5O/c1-5-30(3,4)33-19-25(24-12-11-22-8-6-7-9-23(22)18-24)29(36)35-16-14-34(15-17-35)28-27-21(2)10-13-26(27)31-20-32-28/h6-9,11-12,18,25,29,31,33,36H,2,5,10,13-17,19-20H2,1,3-4H3/t25-,29?/m1/s1. The van der Waals surface area contributed by atoms with E-state index in [4.69, 9.17) is 4.99 Å². The quantitative estimate of drug-likeness (QED) is 0.546. The molecule has 0 saturated carbocycles. The van der Waals surface area contributed by atoms with E-state index in [2.05, 4.69) is 90.2 Å². The van der Waals surface area contributed by atoms with Crippen molar-refractivity contribution in [1.82, 2.24) is 20.4 Å². The van der Waals surface area contributed by atoms with Crippen molar-refractivity contribution in [2.45, 2.75) is 57.7 Å². The minimum atomic E-state index is -0.556. The molecular formula is C30H41N5O. The van der Waals surface area contributed by atoms with Crippen LogP contribution in [0.2, 0.25) is 0 Å². The zero-order chi connectivity index (χ0) is 25.3. The number of rotatable bonds is 7. The molecule has 0 bridgehead atoms. The van der Waals surface area contributed by atoms with Gasteiger partial charge in [-0.3, -0.25) is 4.90 Å². The molecule has 2 aromatic rings. The van der Waals surface area contributed by atoms with E-state index in [0.29, 0.717) is 6.67 Å². The van der Waals surface area contributed by atoms with Gasteiger partial charge >= 0.3 is 0 Å². The lowest BCUT2D eigenvalue weighted by Gasteiger charge is -2.42. The monoisotopic (exact) mass is 487 g/mol. The predicted molar refractivity (Wildman–Crippen MR) is 149 cm³/mol. The Morgan fingerprint density at radius 1 is 1.08 bits per heavy atom. The molecule has 6 nitrogen and oxygen atoms in total. The summed E-state index contributed by atoms with van der Waals surface area (Å²) >= 11 is 0. The number of benzene rings is 2. The second-order valence-electron chi connectivity index (χ2n) is 11.0. The SMILES string of the molecule is C=C1CCC2=C1C(N1CCN(C(O)[C@H](CNC(C)(C)CC)c3ccc4ccccc4c3)CC1)=NCN2. The average Bonchev–Trinajstić information content (AvgIpc) is 3.29. The number of nitrogens with zero attached hydrogens (tertiary/aromatic N) is 3. The maximum atomic E-state index is 11.7. The molecule has 1 fully saturated rings. The van der Waals surface area contributed by atoms with Crippen molar-refractivity contribution in [2.24, 2.45) is 4.99 Å². The Bertz CT molecular complexity index is 1170. The minimum absolute atomic E-state index is 0.0212. The van der Waals surface area contributed by atoms with Gasteiger partial charge in [-0.2, -0.15) is 0 Å². The number of aliphatic imine (C=N–C) groups is 1. The van der Waals surface area contributed by atoms with E-state index in [9.17, 15) is 5.11 Å². The Hall–Kier alpha value is -2.67. The van der Waals surface area contributed by atoms with Gasteiger partial charge in [0, 0.05) is 55.5 Å². The van der Waals surface area contributed by atoms with E-state index < -0.39 is 6.23 Å². The highest BCUT2D eigenvalue weighted by atomic mass is 16.3. The molecule has 192 valence electrons. The summed E-state index contributed by atoms with van der Waals surface area (Å²) in [5, 5.41) is 21.3. The lowest BCUT2D eigenvalue weighted by atomic mass is 9.92.